The lowest BCUT2D eigenvalue weighted by molar-refractivity contribution is -0.137. The van der Waals surface area contributed by atoms with Crippen LogP contribution >= 0.6 is 15.9 Å². The summed E-state index contributed by atoms with van der Waals surface area (Å²) in [6.45, 7) is 4.85. The van der Waals surface area contributed by atoms with E-state index in [9.17, 15) is 18.0 Å². The average molecular weight is 445 g/mol. The van der Waals surface area contributed by atoms with Crippen LogP contribution in [0.3, 0.4) is 0 Å². The highest BCUT2D eigenvalue weighted by Crippen LogP contribution is 2.29. The number of alkyl halides is 3. The van der Waals surface area contributed by atoms with Gasteiger partial charge in [0.15, 0.2) is 0 Å². The third-order valence-corrected chi connectivity index (χ3v) is 5.35. The summed E-state index contributed by atoms with van der Waals surface area (Å²) in [6, 6.07) is 5.40. The molecule has 1 aliphatic rings. The number of hydrogen-bond donors (Lipinski definition) is 0. The lowest BCUT2D eigenvalue weighted by atomic mass is 10.1. The monoisotopic (exact) mass is 444 g/mol. The lowest BCUT2D eigenvalue weighted by Crippen LogP contribution is -2.49. The molecule has 2 heterocycles. The minimum atomic E-state index is -4.33. The van der Waals surface area contributed by atoms with E-state index in [0.29, 0.717) is 38.3 Å². The first-order valence-electron chi connectivity index (χ1n) is 8.58. The van der Waals surface area contributed by atoms with Crippen LogP contribution in [0.5, 0.6) is 0 Å². The summed E-state index contributed by atoms with van der Waals surface area (Å²) in [6.07, 6.45) is -2.56. The fourth-order valence-corrected chi connectivity index (χ4v) is 3.39. The van der Waals surface area contributed by atoms with Crippen molar-refractivity contribution < 1.29 is 18.0 Å². The Morgan fingerprint density at radius 2 is 1.93 bits per heavy atom. The van der Waals surface area contributed by atoms with Crippen molar-refractivity contribution >= 4 is 21.8 Å². The number of amides is 1. The maximum atomic E-state index is 12.8. The molecule has 0 N–H and O–H groups in total. The van der Waals surface area contributed by atoms with Gasteiger partial charge in [-0.2, -0.15) is 18.3 Å². The predicted molar refractivity (Wildman–Crippen MR) is 98.0 cm³/mol. The van der Waals surface area contributed by atoms with E-state index in [2.05, 4.69) is 25.9 Å². The molecule has 27 heavy (non-hydrogen) atoms. The fraction of sp³-hybridized carbons (Fsp3) is 0.444. The molecule has 0 spiro atoms. The zero-order valence-corrected chi connectivity index (χ0v) is 16.4. The minimum Gasteiger partial charge on any atom is -0.339 e. The largest absolute Gasteiger partial charge is 0.416 e. The van der Waals surface area contributed by atoms with Gasteiger partial charge in [-0.05, 0) is 34.5 Å². The molecule has 0 saturated carbocycles. The quantitative estimate of drug-likeness (QED) is 0.726. The van der Waals surface area contributed by atoms with Gasteiger partial charge in [-0.3, -0.25) is 14.4 Å². The third-order valence-electron chi connectivity index (χ3n) is 4.57. The van der Waals surface area contributed by atoms with E-state index >= 15 is 0 Å². The maximum absolute atomic E-state index is 12.8. The van der Waals surface area contributed by atoms with E-state index in [1.54, 1.807) is 21.8 Å². The van der Waals surface area contributed by atoms with Gasteiger partial charge in [-0.1, -0.05) is 18.2 Å². The SMILES string of the molecule is Cc1nn(CC(=O)N2CCN(Cc3cccc(C(F)(F)F)c3)CC2)cc1Br. The van der Waals surface area contributed by atoms with Crippen LogP contribution in [0.4, 0.5) is 13.2 Å². The first kappa shape index (κ1) is 19.9. The van der Waals surface area contributed by atoms with E-state index in [-0.39, 0.29) is 12.5 Å². The summed E-state index contributed by atoms with van der Waals surface area (Å²) >= 11 is 3.37. The molecule has 0 bridgehead atoms. The zero-order chi connectivity index (χ0) is 19.6. The van der Waals surface area contributed by atoms with Crippen molar-refractivity contribution in [1.82, 2.24) is 19.6 Å². The Morgan fingerprint density at radius 1 is 1.22 bits per heavy atom. The van der Waals surface area contributed by atoms with Crippen LogP contribution in [0.15, 0.2) is 34.9 Å². The second-order valence-corrected chi connectivity index (χ2v) is 7.47. The predicted octanol–water partition coefficient (Wildman–Crippen LogP) is 3.32. The molecule has 9 heteroatoms. The Hall–Kier alpha value is -1.87. The van der Waals surface area contributed by atoms with E-state index in [4.69, 9.17) is 0 Å². The number of hydrogen-bond acceptors (Lipinski definition) is 3. The van der Waals surface area contributed by atoms with Gasteiger partial charge in [-0.15, -0.1) is 0 Å². The Bertz CT molecular complexity index is 794. The number of carbonyl (C=O) groups is 1. The summed E-state index contributed by atoms with van der Waals surface area (Å²) in [4.78, 5) is 16.2. The average Bonchev–Trinajstić information content (AvgIpc) is 2.92. The number of piperazine rings is 1. The molecule has 2 aromatic rings. The molecular formula is C18H20BrF3N4O. The van der Waals surface area contributed by atoms with Gasteiger partial charge < -0.3 is 4.90 Å². The number of aromatic nitrogens is 2. The number of rotatable bonds is 4. The Morgan fingerprint density at radius 3 is 2.52 bits per heavy atom. The molecule has 0 unspecified atom stereocenters. The highest BCUT2D eigenvalue weighted by atomic mass is 79.9. The number of carbonyl (C=O) groups excluding carboxylic acids is 1. The molecular weight excluding hydrogens is 425 g/mol. The number of benzene rings is 1. The van der Waals surface area contributed by atoms with Gasteiger partial charge in [0.05, 0.1) is 15.7 Å². The van der Waals surface area contributed by atoms with Crippen LogP contribution in [0.2, 0.25) is 0 Å². The summed E-state index contributed by atoms with van der Waals surface area (Å²) in [5, 5.41) is 4.26. The Kier molecular flexibility index (Phi) is 5.90. The van der Waals surface area contributed by atoms with Crippen molar-refractivity contribution in [3.63, 3.8) is 0 Å². The second kappa shape index (κ2) is 8.02. The molecule has 5 nitrogen and oxygen atoms in total. The normalized spacial score (nSPS) is 16.0. The standard InChI is InChI=1S/C18H20BrF3N4O/c1-13-16(19)11-26(23-13)12-17(27)25-7-5-24(6-8-25)10-14-3-2-4-15(9-14)18(20,21)22/h2-4,9,11H,5-8,10,12H2,1H3. The molecule has 0 radical (unpaired) electrons. The van der Waals surface area contributed by atoms with Crippen molar-refractivity contribution in [2.45, 2.75) is 26.2 Å². The number of halogens is 4. The molecule has 3 rings (SSSR count). The topological polar surface area (TPSA) is 41.4 Å². The van der Waals surface area contributed by atoms with Gasteiger partial charge in [0.25, 0.3) is 0 Å². The first-order valence-corrected chi connectivity index (χ1v) is 9.37. The van der Waals surface area contributed by atoms with Crippen LogP contribution < -0.4 is 0 Å². The highest BCUT2D eigenvalue weighted by Gasteiger charge is 2.30. The van der Waals surface area contributed by atoms with E-state index in [1.165, 1.54) is 12.1 Å². The Balaban J connectivity index is 1.52. The van der Waals surface area contributed by atoms with Crippen LogP contribution in [-0.2, 0) is 24.1 Å². The second-order valence-electron chi connectivity index (χ2n) is 6.62. The van der Waals surface area contributed by atoms with Gasteiger partial charge in [0, 0.05) is 38.9 Å². The van der Waals surface area contributed by atoms with Crippen LogP contribution in [0, 0.1) is 6.92 Å². The molecule has 0 aliphatic carbocycles. The lowest BCUT2D eigenvalue weighted by Gasteiger charge is -2.34. The zero-order valence-electron chi connectivity index (χ0n) is 14.8. The van der Waals surface area contributed by atoms with Crippen LogP contribution in [0.1, 0.15) is 16.8 Å². The molecule has 1 saturated heterocycles. The number of nitrogens with zero attached hydrogens (tertiary/aromatic N) is 4. The summed E-state index contributed by atoms with van der Waals surface area (Å²) in [7, 11) is 0. The fourth-order valence-electron chi connectivity index (χ4n) is 3.07. The molecule has 1 aromatic heterocycles. The summed E-state index contributed by atoms with van der Waals surface area (Å²) in [5.74, 6) is -0.0104. The Labute approximate surface area is 163 Å². The third kappa shape index (κ3) is 5.10. The maximum Gasteiger partial charge on any atom is 0.416 e. The van der Waals surface area contributed by atoms with Crippen molar-refractivity contribution in [2.24, 2.45) is 0 Å². The molecule has 1 fully saturated rings. The molecule has 1 aromatic carbocycles. The highest BCUT2D eigenvalue weighted by molar-refractivity contribution is 9.10. The van der Waals surface area contributed by atoms with Gasteiger partial charge in [-0.25, -0.2) is 0 Å². The van der Waals surface area contributed by atoms with Crippen molar-refractivity contribution in [1.29, 1.82) is 0 Å². The number of aryl methyl sites for hydroxylation is 1. The van der Waals surface area contributed by atoms with Crippen LogP contribution in [0.25, 0.3) is 0 Å². The van der Waals surface area contributed by atoms with Crippen molar-refractivity contribution in [2.75, 3.05) is 26.2 Å². The molecule has 146 valence electrons. The van der Waals surface area contributed by atoms with E-state index < -0.39 is 11.7 Å². The van der Waals surface area contributed by atoms with E-state index in [1.807, 2.05) is 6.92 Å². The molecule has 0 atom stereocenters. The molecule has 1 aliphatic heterocycles. The smallest absolute Gasteiger partial charge is 0.339 e. The summed E-state index contributed by atoms with van der Waals surface area (Å²) < 4.78 is 40.9. The van der Waals surface area contributed by atoms with Gasteiger partial charge in [0.2, 0.25) is 5.91 Å². The van der Waals surface area contributed by atoms with Crippen molar-refractivity contribution in [3.8, 4) is 0 Å². The van der Waals surface area contributed by atoms with Crippen LogP contribution in [-0.4, -0.2) is 51.7 Å². The first-order chi connectivity index (χ1) is 12.7. The molecule has 1 amide bonds. The van der Waals surface area contributed by atoms with Gasteiger partial charge in [0.1, 0.15) is 6.54 Å². The summed E-state index contributed by atoms with van der Waals surface area (Å²) in [5.41, 5.74) is 0.824. The van der Waals surface area contributed by atoms with Crippen molar-refractivity contribution in [3.05, 3.63) is 51.8 Å². The van der Waals surface area contributed by atoms with Gasteiger partial charge >= 0.3 is 6.18 Å². The van der Waals surface area contributed by atoms with E-state index in [0.717, 1.165) is 16.2 Å². The minimum absolute atomic E-state index is 0.0104.